The lowest BCUT2D eigenvalue weighted by molar-refractivity contribution is 0.0933. The summed E-state index contributed by atoms with van der Waals surface area (Å²) in [6, 6.07) is 20.6. The molecular formula is C25H19FN2O2. The van der Waals surface area contributed by atoms with E-state index in [9.17, 15) is 9.18 Å². The number of carbonyl (C=O) groups is 1. The van der Waals surface area contributed by atoms with E-state index < -0.39 is 5.82 Å². The van der Waals surface area contributed by atoms with Crippen LogP contribution < -0.4 is 10.1 Å². The molecular weight excluding hydrogens is 379 g/mol. The van der Waals surface area contributed by atoms with Gasteiger partial charge < -0.3 is 10.1 Å². The van der Waals surface area contributed by atoms with Crippen molar-refractivity contribution >= 4 is 16.7 Å². The zero-order valence-corrected chi connectivity index (χ0v) is 16.1. The summed E-state index contributed by atoms with van der Waals surface area (Å²) < 4.78 is 20.4. The molecule has 0 bridgehead atoms. The SMILES string of the molecule is O=C(NCC1Cc2cc(-c3cccnc3)cc(F)c2O1)c1ccc2ccccc2c1. The number of hydrogen-bond donors (Lipinski definition) is 1. The molecule has 148 valence electrons. The van der Waals surface area contributed by atoms with Crippen molar-refractivity contribution < 1.29 is 13.9 Å². The van der Waals surface area contributed by atoms with E-state index in [-0.39, 0.29) is 17.8 Å². The van der Waals surface area contributed by atoms with E-state index in [1.54, 1.807) is 12.4 Å². The fraction of sp³-hybridized carbons (Fsp3) is 0.120. The van der Waals surface area contributed by atoms with Crippen LogP contribution in [0.2, 0.25) is 0 Å². The Balaban J connectivity index is 1.28. The quantitative estimate of drug-likeness (QED) is 0.539. The van der Waals surface area contributed by atoms with Gasteiger partial charge >= 0.3 is 0 Å². The van der Waals surface area contributed by atoms with Gasteiger partial charge in [-0.05, 0) is 46.7 Å². The van der Waals surface area contributed by atoms with Gasteiger partial charge in [0.2, 0.25) is 0 Å². The van der Waals surface area contributed by atoms with Gasteiger partial charge in [-0.15, -0.1) is 0 Å². The number of nitrogens with zero attached hydrogens (tertiary/aromatic N) is 1. The van der Waals surface area contributed by atoms with Crippen molar-refractivity contribution in [1.82, 2.24) is 10.3 Å². The van der Waals surface area contributed by atoms with Crippen molar-refractivity contribution in [3.05, 3.63) is 96.1 Å². The number of aromatic nitrogens is 1. The summed E-state index contributed by atoms with van der Waals surface area (Å²) in [5.74, 6) is -0.292. The highest BCUT2D eigenvalue weighted by molar-refractivity contribution is 5.98. The van der Waals surface area contributed by atoms with Crippen molar-refractivity contribution in [2.45, 2.75) is 12.5 Å². The Bertz CT molecular complexity index is 1240. The third kappa shape index (κ3) is 3.50. The standard InChI is InChI=1S/C25H19FN2O2/c26-23-13-20(19-6-3-9-27-14-19)11-21-12-22(30-24(21)23)15-28-25(29)18-8-7-16-4-1-2-5-17(16)10-18/h1-11,13-14,22H,12,15H2,(H,28,29). The van der Waals surface area contributed by atoms with Crippen molar-refractivity contribution in [1.29, 1.82) is 0 Å². The van der Waals surface area contributed by atoms with E-state index in [2.05, 4.69) is 10.3 Å². The van der Waals surface area contributed by atoms with Gasteiger partial charge in [0.05, 0.1) is 6.54 Å². The van der Waals surface area contributed by atoms with Gasteiger partial charge in [-0.3, -0.25) is 9.78 Å². The number of ether oxygens (including phenoxy) is 1. The van der Waals surface area contributed by atoms with Crippen molar-refractivity contribution in [3.63, 3.8) is 0 Å². The first-order valence-corrected chi connectivity index (χ1v) is 9.84. The summed E-state index contributed by atoms with van der Waals surface area (Å²) in [5.41, 5.74) is 3.02. The molecule has 0 aliphatic carbocycles. The second-order valence-corrected chi connectivity index (χ2v) is 7.40. The predicted octanol–water partition coefficient (Wildman–Crippen LogP) is 4.77. The first kappa shape index (κ1) is 18.3. The zero-order chi connectivity index (χ0) is 20.5. The minimum atomic E-state index is -0.394. The third-order valence-electron chi connectivity index (χ3n) is 5.35. The van der Waals surface area contributed by atoms with E-state index in [1.165, 1.54) is 6.07 Å². The number of benzene rings is 3. The van der Waals surface area contributed by atoms with Crippen LogP contribution in [0.25, 0.3) is 21.9 Å². The summed E-state index contributed by atoms with van der Waals surface area (Å²) in [6.45, 7) is 0.308. The van der Waals surface area contributed by atoms with Gasteiger partial charge in [0.25, 0.3) is 5.91 Å². The van der Waals surface area contributed by atoms with Crippen LogP contribution in [-0.2, 0) is 6.42 Å². The minimum absolute atomic E-state index is 0.170. The molecule has 1 aliphatic heterocycles. The fourth-order valence-electron chi connectivity index (χ4n) is 3.84. The summed E-state index contributed by atoms with van der Waals surface area (Å²) in [5, 5.41) is 5.01. The van der Waals surface area contributed by atoms with E-state index in [4.69, 9.17) is 4.74 Å². The molecule has 0 saturated carbocycles. The summed E-state index contributed by atoms with van der Waals surface area (Å²) in [6.07, 6.45) is 3.63. The lowest BCUT2D eigenvalue weighted by atomic mass is 10.0. The van der Waals surface area contributed by atoms with Crippen LogP contribution in [0.4, 0.5) is 4.39 Å². The molecule has 2 heterocycles. The second kappa shape index (κ2) is 7.59. The third-order valence-corrected chi connectivity index (χ3v) is 5.35. The Morgan fingerprint density at radius 2 is 1.90 bits per heavy atom. The van der Waals surface area contributed by atoms with Crippen LogP contribution in [0.5, 0.6) is 5.75 Å². The van der Waals surface area contributed by atoms with Crippen LogP contribution in [0, 0.1) is 5.82 Å². The number of pyridine rings is 1. The van der Waals surface area contributed by atoms with Gasteiger partial charge in [0.1, 0.15) is 6.10 Å². The largest absolute Gasteiger partial charge is 0.485 e. The van der Waals surface area contributed by atoms with E-state index >= 15 is 0 Å². The highest BCUT2D eigenvalue weighted by Crippen LogP contribution is 2.35. The number of nitrogens with one attached hydrogen (secondary N) is 1. The van der Waals surface area contributed by atoms with Gasteiger partial charge in [-0.2, -0.15) is 0 Å². The molecule has 3 aromatic carbocycles. The van der Waals surface area contributed by atoms with Crippen LogP contribution in [-0.4, -0.2) is 23.5 Å². The first-order chi connectivity index (χ1) is 14.7. The molecule has 1 unspecified atom stereocenters. The number of fused-ring (bicyclic) bond motifs is 2. The number of hydrogen-bond acceptors (Lipinski definition) is 3. The summed E-state index contributed by atoms with van der Waals surface area (Å²) in [4.78, 5) is 16.7. The minimum Gasteiger partial charge on any atom is -0.485 e. The summed E-state index contributed by atoms with van der Waals surface area (Å²) >= 11 is 0. The van der Waals surface area contributed by atoms with Crippen LogP contribution in [0.1, 0.15) is 15.9 Å². The van der Waals surface area contributed by atoms with Crippen molar-refractivity contribution in [3.8, 4) is 16.9 Å². The maximum atomic E-state index is 14.6. The van der Waals surface area contributed by atoms with Gasteiger partial charge in [0.15, 0.2) is 11.6 Å². The Labute approximate surface area is 173 Å². The maximum Gasteiger partial charge on any atom is 0.251 e. The molecule has 0 radical (unpaired) electrons. The van der Waals surface area contributed by atoms with E-state index in [1.807, 2.05) is 60.7 Å². The smallest absolute Gasteiger partial charge is 0.251 e. The Morgan fingerprint density at radius 3 is 2.73 bits per heavy atom. The van der Waals surface area contributed by atoms with Crippen molar-refractivity contribution in [2.24, 2.45) is 0 Å². The molecule has 1 atom stereocenters. The molecule has 0 spiro atoms. The van der Waals surface area contributed by atoms with E-state index in [0.29, 0.717) is 18.5 Å². The summed E-state index contributed by atoms with van der Waals surface area (Å²) in [7, 11) is 0. The average Bonchev–Trinajstić information content (AvgIpc) is 3.21. The molecule has 1 N–H and O–H groups in total. The number of carbonyl (C=O) groups excluding carboxylic acids is 1. The number of halogens is 1. The van der Waals surface area contributed by atoms with Gasteiger partial charge in [-0.1, -0.05) is 36.4 Å². The molecule has 1 aromatic heterocycles. The molecule has 1 aliphatic rings. The average molecular weight is 398 g/mol. The molecule has 1 amide bonds. The van der Waals surface area contributed by atoms with Crippen LogP contribution in [0.15, 0.2) is 79.1 Å². The fourth-order valence-corrected chi connectivity index (χ4v) is 3.84. The Hall–Kier alpha value is -3.73. The molecule has 0 fully saturated rings. The monoisotopic (exact) mass is 398 g/mol. The topological polar surface area (TPSA) is 51.2 Å². The molecule has 30 heavy (non-hydrogen) atoms. The highest BCUT2D eigenvalue weighted by Gasteiger charge is 2.27. The molecule has 4 aromatic rings. The lowest BCUT2D eigenvalue weighted by Gasteiger charge is -2.12. The molecule has 5 rings (SSSR count). The molecule has 5 heteroatoms. The lowest BCUT2D eigenvalue weighted by Crippen LogP contribution is -2.34. The van der Waals surface area contributed by atoms with E-state index in [0.717, 1.165) is 27.5 Å². The predicted molar refractivity (Wildman–Crippen MR) is 114 cm³/mol. The first-order valence-electron chi connectivity index (χ1n) is 9.84. The highest BCUT2D eigenvalue weighted by atomic mass is 19.1. The number of rotatable bonds is 4. The maximum absolute atomic E-state index is 14.6. The molecule has 0 saturated heterocycles. The Morgan fingerprint density at radius 1 is 1.03 bits per heavy atom. The van der Waals surface area contributed by atoms with Gasteiger partial charge in [-0.25, -0.2) is 4.39 Å². The van der Waals surface area contributed by atoms with Crippen LogP contribution >= 0.6 is 0 Å². The van der Waals surface area contributed by atoms with Crippen LogP contribution in [0.3, 0.4) is 0 Å². The van der Waals surface area contributed by atoms with Crippen molar-refractivity contribution in [2.75, 3.05) is 6.54 Å². The van der Waals surface area contributed by atoms with Gasteiger partial charge in [0, 0.05) is 35.5 Å². The zero-order valence-electron chi connectivity index (χ0n) is 16.1. The molecule has 4 nitrogen and oxygen atoms in total. The number of amides is 1. The Kier molecular flexibility index (Phi) is 4.64. The second-order valence-electron chi connectivity index (χ2n) is 7.40. The normalized spacial score (nSPS) is 14.9.